The highest BCUT2D eigenvalue weighted by atomic mass is 16.3. The van der Waals surface area contributed by atoms with E-state index in [1.807, 2.05) is 26.8 Å². The summed E-state index contributed by atoms with van der Waals surface area (Å²) in [6.07, 6.45) is 0.518. The third-order valence-electron chi connectivity index (χ3n) is 2.31. The van der Waals surface area contributed by atoms with Gasteiger partial charge in [0.2, 0.25) is 0 Å². The third kappa shape index (κ3) is 3.62. The fourth-order valence-electron chi connectivity index (χ4n) is 1.38. The van der Waals surface area contributed by atoms with Crippen LogP contribution in [0.2, 0.25) is 0 Å². The van der Waals surface area contributed by atoms with Gasteiger partial charge < -0.3 is 10.4 Å². The van der Waals surface area contributed by atoms with E-state index in [0.29, 0.717) is 12.1 Å². The Morgan fingerprint density at radius 2 is 2.19 bits per heavy atom. The predicted octanol–water partition coefficient (Wildman–Crippen LogP) is 1.28. The number of rotatable bonds is 4. The summed E-state index contributed by atoms with van der Waals surface area (Å²) < 4.78 is 0. The Morgan fingerprint density at radius 1 is 1.50 bits per heavy atom. The molecule has 1 rings (SSSR count). The van der Waals surface area contributed by atoms with Gasteiger partial charge in [0.05, 0.1) is 0 Å². The molecule has 0 aliphatic carbocycles. The maximum atomic E-state index is 11.8. The summed E-state index contributed by atoms with van der Waals surface area (Å²) >= 11 is 0. The van der Waals surface area contributed by atoms with Crippen molar-refractivity contribution < 1.29 is 9.90 Å². The lowest BCUT2D eigenvalue weighted by molar-refractivity contribution is 0.0894. The van der Waals surface area contributed by atoms with Crippen LogP contribution >= 0.6 is 0 Å². The van der Waals surface area contributed by atoms with Crippen LogP contribution in [0.4, 0.5) is 0 Å². The van der Waals surface area contributed by atoms with Gasteiger partial charge in [0.15, 0.2) is 0 Å². The van der Waals surface area contributed by atoms with Gasteiger partial charge >= 0.3 is 0 Å². The molecule has 88 valence electrons. The second kappa shape index (κ2) is 5.07. The number of carbonyl (C=O) groups is 1. The Hall–Kier alpha value is -1.42. The number of aromatic nitrogens is 1. The van der Waals surface area contributed by atoms with E-state index in [1.165, 1.54) is 0 Å². The van der Waals surface area contributed by atoms with Crippen molar-refractivity contribution in [1.29, 1.82) is 0 Å². The minimum atomic E-state index is -0.419. The Morgan fingerprint density at radius 3 is 2.75 bits per heavy atom. The number of hydrogen-bond donors (Lipinski definition) is 2. The topological polar surface area (TPSA) is 62.2 Å². The molecule has 0 spiro atoms. The molecule has 2 N–H and O–H groups in total. The zero-order valence-corrected chi connectivity index (χ0v) is 9.95. The summed E-state index contributed by atoms with van der Waals surface area (Å²) in [7, 11) is 0. The average molecular weight is 222 g/mol. The van der Waals surface area contributed by atoms with Crippen LogP contribution in [0.15, 0.2) is 18.2 Å². The zero-order chi connectivity index (χ0) is 12.2. The molecule has 4 nitrogen and oxygen atoms in total. The van der Waals surface area contributed by atoms with Crippen LogP contribution in [0.5, 0.6) is 0 Å². The quantitative estimate of drug-likeness (QED) is 0.806. The minimum Gasteiger partial charge on any atom is -0.396 e. The number of hydrogen-bond acceptors (Lipinski definition) is 3. The van der Waals surface area contributed by atoms with E-state index in [2.05, 4.69) is 10.3 Å². The first kappa shape index (κ1) is 12.6. The van der Waals surface area contributed by atoms with Crippen molar-refractivity contribution in [2.24, 2.45) is 0 Å². The van der Waals surface area contributed by atoms with Crippen LogP contribution in [0.3, 0.4) is 0 Å². The molecule has 0 saturated carbocycles. The Labute approximate surface area is 95.7 Å². The maximum absolute atomic E-state index is 11.8. The molecule has 0 aliphatic heterocycles. The fourth-order valence-corrected chi connectivity index (χ4v) is 1.38. The number of pyridine rings is 1. The predicted molar refractivity (Wildman–Crippen MR) is 62.2 cm³/mol. The smallest absolute Gasteiger partial charge is 0.270 e. The highest BCUT2D eigenvalue weighted by Gasteiger charge is 2.20. The second-order valence-electron chi connectivity index (χ2n) is 4.48. The molecule has 1 aromatic heterocycles. The van der Waals surface area contributed by atoms with Gasteiger partial charge in [0, 0.05) is 17.8 Å². The van der Waals surface area contributed by atoms with Gasteiger partial charge in [-0.25, -0.2) is 4.98 Å². The normalized spacial score (nSPS) is 11.2. The van der Waals surface area contributed by atoms with Gasteiger partial charge in [-0.05, 0) is 39.3 Å². The molecule has 4 heteroatoms. The molecular formula is C12H18N2O2. The first-order chi connectivity index (χ1) is 7.44. The van der Waals surface area contributed by atoms with Gasteiger partial charge in [-0.3, -0.25) is 4.79 Å². The van der Waals surface area contributed by atoms with Gasteiger partial charge in [-0.2, -0.15) is 0 Å². The molecule has 0 aliphatic rings. The summed E-state index contributed by atoms with van der Waals surface area (Å²) in [6, 6.07) is 5.32. The van der Waals surface area contributed by atoms with Crippen LogP contribution in [0.25, 0.3) is 0 Å². The first-order valence-electron chi connectivity index (χ1n) is 5.32. The zero-order valence-electron chi connectivity index (χ0n) is 9.95. The Balaban J connectivity index is 2.72. The van der Waals surface area contributed by atoms with E-state index in [1.54, 1.807) is 12.1 Å². The molecule has 16 heavy (non-hydrogen) atoms. The van der Waals surface area contributed by atoms with Crippen molar-refractivity contribution in [3.05, 3.63) is 29.6 Å². The fraction of sp³-hybridized carbons (Fsp3) is 0.500. The standard InChI is InChI=1S/C12H18N2O2/c1-9-5-4-6-10(13-9)11(16)14-12(2,3)7-8-15/h4-6,15H,7-8H2,1-3H3,(H,14,16). The second-order valence-corrected chi connectivity index (χ2v) is 4.48. The van der Waals surface area contributed by atoms with E-state index in [-0.39, 0.29) is 12.5 Å². The Bertz CT molecular complexity index is 375. The van der Waals surface area contributed by atoms with Gasteiger partial charge in [0.1, 0.15) is 5.69 Å². The molecular weight excluding hydrogens is 204 g/mol. The van der Waals surface area contributed by atoms with E-state index in [4.69, 9.17) is 5.11 Å². The average Bonchev–Trinajstić information content (AvgIpc) is 2.16. The van der Waals surface area contributed by atoms with Crippen molar-refractivity contribution in [2.75, 3.05) is 6.61 Å². The number of aliphatic hydroxyl groups is 1. The monoisotopic (exact) mass is 222 g/mol. The Kier molecular flexibility index (Phi) is 4.01. The number of nitrogens with zero attached hydrogens (tertiary/aromatic N) is 1. The van der Waals surface area contributed by atoms with Crippen molar-refractivity contribution in [1.82, 2.24) is 10.3 Å². The van der Waals surface area contributed by atoms with E-state index >= 15 is 0 Å². The first-order valence-corrected chi connectivity index (χ1v) is 5.32. The summed E-state index contributed by atoms with van der Waals surface area (Å²) in [5.74, 6) is -0.206. The van der Waals surface area contributed by atoms with E-state index < -0.39 is 5.54 Å². The molecule has 0 aromatic carbocycles. The molecule has 0 fully saturated rings. The lowest BCUT2D eigenvalue weighted by Crippen LogP contribution is -2.44. The number of aryl methyl sites for hydroxylation is 1. The van der Waals surface area contributed by atoms with Crippen LogP contribution in [0.1, 0.15) is 36.5 Å². The van der Waals surface area contributed by atoms with Crippen LogP contribution in [-0.4, -0.2) is 28.1 Å². The van der Waals surface area contributed by atoms with Crippen molar-refractivity contribution in [2.45, 2.75) is 32.7 Å². The molecule has 0 radical (unpaired) electrons. The summed E-state index contributed by atoms with van der Waals surface area (Å²) in [5, 5.41) is 11.7. The summed E-state index contributed by atoms with van der Waals surface area (Å²) in [5.41, 5.74) is 0.802. The number of carbonyl (C=O) groups excluding carboxylic acids is 1. The lowest BCUT2D eigenvalue weighted by atomic mass is 10.0. The summed E-state index contributed by atoms with van der Waals surface area (Å²) in [6.45, 7) is 5.64. The van der Waals surface area contributed by atoms with E-state index in [9.17, 15) is 4.79 Å². The minimum absolute atomic E-state index is 0.0501. The lowest BCUT2D eigenvalue weighted by Gasteiger charge is -2.25. The molecule has 0 unspecified atom stereocenters. The summed E-state index contributed by atoms with van der Waals surface area (Å²) in [4.78, 5) is 16.0. The highest BCUT2D eigenvalue weighted by Crippen LogP contribution is 2.09. The molecule has 1 aromatic rings. The number of amides is 1. The maximum Gasteiger partial charge on any atom is 0.270 e. The largest absolute Gasteiger partial charge is 0.396 e. The number of nitrogens with one attached hydrogen (secondary N) is 1. The molecule has 1 heterocycles. The van der Waals surface area contributed by atoms with Gasteiger partial charge in [0.25, 0.3) is 5.91 Å². The number of aliphatic hydroxyl groups excluding tert-OH is 1. The third-order valence-corrected chi connectivity index (χ3v) is 2.31. The van der Waals surface area contributed by atoms with E-state index in [0.717, 1.165) is 5.69 Å². The van der Waals surface area contributed by atoms with Crippen LogP contribution in [0, 0.1) is 6.92 Å². The molecule has 0 saturated heterocycles. The van der Waals surface area contributed by atoms with Crippen LogP contribution < -0.4 is 5.32 Å². The van der Waals surface area contributed by atoms with Gasteiger partial charge in [-0.1, -0.05) is 6.07 Å². The van der Waals surface area contributed by atoms with Crippen LogP contribution in [-0.2, 0) is 0 Å². The van der Waals surface area contributed by atoms with Crippen molar-refractivity contribution >= 4 is 5.91 Å². The molecule has 0 bridgehead atoms. The molecule has 0 atom stereocenters. The SMILES string of the molecule is Cc1cccc(C(=O)NC(C)(C)CCO)n1. The highest BCUT2D eigenvalue weighted by molar-refractivity contribution is 5.92. The molecule has 1 amide bonds. The van der Waals surface area contributed by atoms with Crippen molar-refractivity contribution in [3.8, 4) is 0 Å². The van der Waals surface area contributed by atoms with Crippen molar-refractivity contribution in [3.63, 3.8) is 0 Å². The van der Waals surface area contributed by atoms with Gasteiger partial charge in [-0.15, -0.1) is 0 Å².